The smallest absolute Gasteiger partial charge is 0.236 e. The number of ether oxygens (including phenoxy) is 1. The summed E-state index contributed by atoms with van der Waals surface area (Å²) in [6.45, 7) is 6.75. The molecule has 184 valence electrons. The molecule has 0 spiro atoms. The van der Waals surface area contributed by atoms with E-state index in [0.29, 0.717) is 17.9 Å². The minimum atomic E-state index is -0.0299. The van der Waals surface area contributed by atoms with Crippen LogP contribution in [0.25, 0.3) is 28.2 Å². The number of hydrogen-bond donors (Lipinski definition) is 1. The molecule has 0 aliphatic rings. The van der Waals surface area contributed by atoms with Gasteiger partial charge >= 0.3 is 0 Å². The third-order valence-electron chi connectivity index (χ3n) is 6.32. The number of aromatic nitrogens is 5. The maximum atomic E-state index is 12.5. The summed E-state index contributed by atoms with van der Waals surface area (Å²) in [5.74, 6) is 0.965. The summed E-state index contributed by atoms with van der Waals surface area (Å²) in [6.07, 6.45) is 3.44. The molecule has 1 unspecified atom stereocenters. The number of rotatable bonds is 8. The fraction of sp³-hybridized carbons (Fsp3) is 0.385. The van der Waals surface area contributed by atoms with Crippen LogP contribution in [0.3, 0.4) is 0 Å². The predicted molar refractivity (Wildman–Crippen MR) is 136 cm³/mol. The van der Waals surface area contributed by atoms with Crippen molar-refractivity contribution in [3.8, 4) is 28.3 Å². The third kappa shape index (κ3) is 4.77. The van der Waals surface area contributed by atoms with Crippen molar-refractivity contribution in [1.82, 2.24) is 34.6 Å². The zero-order valence-corrected chi connectivity index (χ0v) is 21.4. The van der Waals surface area contributed by atoms with Crippen LogP contribution in [-0.4, -0.2) is 75.3 Å². The molecular weight excluding hydrogens is 442 g/mol. The predicted octanol–water partition coefficient (Wildman–Crippen LogP) is 4.00. The maximum Gasteiger partial charge on any atom is 0.236 e. The van der Waals surface area contributed by atoms with Gasteiger partial charge in [-0.15, -0.1) is 0 Å². The molecule has 35 heavy (non-hydrogen) atoms. The Morgan fingerprint density at radius 3 is 2.46 bits per heavy atom. The molecule has 9 heteroatoms. The van der Waals surface area contributed by atoms with Gasteiger partial charge in [0.2, 0.25) is 5.91 Å². The molecule has 4 aromatic rings. The van der Waals surface area contributed by atoms with Crippen molar-refractivity contribution in [2.45, 2.75) is 32.7 Å². The summed E-state index contributed by atoms with van der Waals surface area (Å²) in [7, 11) is 7.27. The standard InChI is InChI=1S/C26H33N7O2/c1-16(2)23-24(19-10-8-18(9-11-19)17(3)32(6)22(34)14-31(4)5)29-30-25(23)20-12-21(35-7)26-27-15-28-33(26)13-20/h8-13,15-17H,14H2,1-7H3,(H,29,30). The molecule has 1 aromatic carbocycles. The number of carbonyl (C=O) groups excluding carboxylic acids is 1. The quantitative estimate of drug-likeness (QED) is 0.414. The number of benzene rings is 1. The third-order valence-corrected chi connectivity index (χ3v) is 6.32. The van der Waals surface area contributed by atoms with Crippen molar-refractivity contribution in [2.75, 3.05) is 34.8 Å². The van der Waals surface area contributed by atoms with E-state index in [2.05, 4.69) is 53.3 Å². The van der Waals surface area contributed by atoms with Crippen LogP contribution in [0, 0.1) is 0 Å². The topological polar surface area (TPSA) is 91.7 Å². The van der Waals surface area contributed by atoms with Gasteiger partial charge in [0.25, 0.3) is 0 Å². The second kappa shape index (κ2) is 9.87. The molecule has 0 aliphatic heterocycles. The van der Waals surface area contributed by atoms with Crippen molar-refractivity contribution in [1.29, 1.82) is 0 Å². The lowest BCUT2D eigenvalue weighted by Crippen LogP contribution is -2.36. The summed E-state index contributed by atoms with van der Waals surface area (Å²) in [5.41, 5.74) is 6.64. The molecule has 1 amide bonds. The molecule has 9 nitrogen and oxygen atoms in total. The SMILES string of the molecule is COc1cc(-c2[nH]nc(-c3ccc(C(C)N(C)C(=O)CN(C)C)cc3)c2C(C)C)cn2ncnc12. The zero-order valence-electron chi connectivity index (χ0n) is 21.4. The zero-order chi connectivity index (χ0) is 25.3. The van der Waals surface area contributed by atoms with Crippen molar-refractivity contribution in [2.24, 2.45) is 0 Å². The Balaban J connectivity index is 1.67. The Labute approximate surface area is 205 Å². The molecule has 0 aliphatic carbocycles. The van der Waals surface area contributed by atoms with Crippen molar-refractivity contribution in [3.63, 3.8) is 0 Å². The molecule has 1 N–H and O–H groups in total. The van der Waals surface area contributed by atoms with E-state index in [-0.39, 0.29) is 17.9 Å². The first-order valence-electron chi connectivity index (χ1n) is 11.7. The van der Waals surface area contributed by atoms with Crippen molar-refractivity contribution < 1.29 is 9.53 Å². The van der Waals surface area contributed by atoms with Gasteiger partial charge in [0.1, 0.15) is 6.33 Å². The van der Waals surface area contributed by atoms with Gasteiger partial charge in [-0.3, -0.25) is 9.89 Å². The van der Waals surface area contributed by atoms with Crippen molar-refractivity contribution >= 4 is 11.6 Å². The average molecular weight is 476 g/mol. The first-order valence-corrected chi connectivity index (χ1v) is 11.7. The highest BCUT2D eigenvalue weighted by molar-refractivity contribution is 5.79. The lowest BCUT2D eigenvalue weighted by molar-refractivity contribution is -0.132. The fourth-order valence-electron chi connectivity index (χ4n) is 4.28. The van der Waals surface area contributed by atoms with Crippen LogP contribution in [0.2, 0.25) is 0 Å². The normalized spacial score (nSPS) is 12.5. The molecule has 0 saturated heterocycles. The number of carbonyl (C=O) groups is 1. The van der Waals surface area contributed by atoms with E-state index in [0.717, 1.165) is 33.6 Å². The van der Waals surface area contributed by atoms with Crippen LogP contribution in [0.1, 0.15) is 43.9 Å². The van der Waals surface area contributed by atoms with Crippen molar-refractivity contribution in [3.05, 3.63) is 54.0 Å². The second-order valence-corrected chi connectivity index (χ2v) is 9.38. The first-order chi connectivity index (χ1) is 16.7. The van der Waals surface area contributed by atoms with E-state index in [4.69, 9.17) is 9.84 Å². The van der Waals surface area contributed by atoms with E-state index < -0.39 is 0 Å². The molecule has 0 bridgehead atoms. The van der Waals surface area contributed by atoms with Gasteiger partial charge in [-0.05, 0) is 38.6 Å². The van der Waals surface area contributed by atoms with Crippen LogP contribution >= 0.6 is 0 Å². The summed E-state index contributed by atoms with van der Waals surface area (Å²) in [6, 6.07) is 10.2. The van der Waals surface area contributed by atoms with Gasteiger partial charge in [-0.25, -0.2) is 9.50 Å². The molecule has 4 rings (SSSR count). The fourth-order valence-corrected chi connectivity index (χ4v) is 4.28. The van der Waals surface area contributed by atoms with E-state index in [9.17, 15) is 4.79 Å². The van der Waals surface area contributed by atoms with E-state index >= 15 is 0 Å². The monoisotopic (exact) mass is 475 g/mol. The number of hydrogen-bond acceptors (Lipinski definition) is 6. The first kappa shape index (κ1) is 24.4. The van der Waals surface area contributed by atoms with Gasteiger partial charge in [0.15, 0.2) is 11.4 Å². The van der Waals surface area contributed by atoms with Crippen LogP contribution in [0.15, 0.2) is 42.9 Å². The van der Waals surface area contributed by atoms with Gasteiger partial charge < -0.3 is 14.5 Å². The highest BCUT2D eigenvalue weighted by Gasteiger charge is 2.22. The lowest BCUT2D eigenvalue weighted by atomic mass is 9.93. The summed E-state index contributed by atoms with van der Waals surface area (Å²) in [5, 5.41) is 12.2. The number of likely N-dealkylation sites (N-methyl/N-ethyl adjacent to an activating group) is 2. The number of pyridine rings is 1. The number of nitrogens with one attached hydrogen (secondary N) is 1. The number of fused-ring (bicyclic) bond motifs is 1. The van der Waals surface area contributed by atoms with Crippen LogP contribution in [-0.2, 0) is 4.79 Å². The summed E-state index contributed by atoms with van der Waals surface area (Å²) < 4.78 is 7.26. The molecular formula is C26H33N7O2. The summed E-state index contributed by atoms with van der Waals surface area (Å²) >= 11 is 0. The van der Waals surface area contributed by atoms with Crippen LogP contribution in [0.4, 0.5) is 0 Å². The molecule has 3 aromatic heterocycles. The van der Waals surface area contributed by atoms with Gasteiger partial charge in [0.05, 0.1) is 31.1 Å². The number of aromatic amines is 1. The summed E-state index contributed by atoms with van der Waals surface area (Å²) in [4.78, 5) is 20.4. The van der Waals surface area contributed by atoms with Crippen LogP contribution in [0.5, 0.6) is 5.75 Å². The average Bonchev–Trinajstić information content (AvgIpc) is 3.49. The molecule has 3 heterocycles. The Morgan fingerprint density at radius 2 is 1.83 bits per heavy atom. The minimum absolute atomic E-state index is 0.0299. The number of methoxy groups -OCH3 is 1. The van der Waals surface area contributed by atoms with E-state index in [1.165, 1.54) is 6.33 Å². The second-order valence-electron chi connectivity index (χ2n) is 9.38. The number of amides is 1. The highest BCUT2D eigenvalue weighted by atomic mass is 16.5. The maximum absolute atomic E-state index is 12.5. The molecule has 0 saturated carbocycles. The lowest BCUT2D eigenvalue weighted by Gasteiger charge is -2.26. The van der Waals surface area contributed by atoms with Crippen LogP contribution < -0.4 is 4.74 Å². The Kier molecular flexibility index (Phi) is 6.88. The minimum Gasteiger partial charge on any atom is -0.493 e. The molecule has 0 fully saturated rings. The Morgan fingerprint density at radius 1 is 1.11 bits per heavy atom. The Bertz CT molecular complexity index is 1320. The largest absolute Gasteiger partial charge is 0.493 e. The molecule has 1 atom stereocenters. The highest BCUT2D eigenvalue weighted by Crippen LogP contribution is 2.37. The van der Waals surface area contributed by atoms with Gasteiger partial charge in [-0.1, -0.05) is 38.1 Å². The molecule has 0 radical (unpaired) electrons. The Hall–Kier alpha value is -3.72. The van der Waals surface area contributed by atoms with Gasteiger partial charge in [0, 0.05) is 29.9 Å². The van der Waals surface area contributed by atoms with Gasteiger partial charge in [-0.2, -0.15) is 10.2 Å². The number of nitrogens with zero attached hydrogens (tertiary/aromatic N) is 6. The van der Waals surface area contributed by atoms with E-state index in [1.54, 1.807) is 16.5 Å². The number of H-pyrrole nitrogens is 1. The van der Waals surface area contributed by atoms with E-state index in [1.807, 2.05) is 45.2 Å².